The summed E-state index contributed by atoms with van der Waals surface area (Å²) in [5.74, 6) is -0.405. The Hall–Kier alpha value is -2.92. The Balaban J connectivity index is 1.59. The number of likely N-dealkylation sites (N-methyl/N-ethyl adjacent to an activating group) is 1. The van der Waals surface area contributed by atoms with E-state index in [1.165, 1.54) is 27.7 Å². The summed E-state index contributed by atoms with van der Waals surface area (Å²) in [7, 11) is 0. The summed E-state index contributed by atoms with van der Waals surface area (Å²) < 4.78 is 18.1. The maximum atomic E-state index is 14.5. The highest BCUT2D eigenvalue weighted by Crippen LogP contribution is 2.34. The molecule has 144 valence electrons. The van der Waals surface area contributed by atoms with Crippen molar-refractivity contribution in [3.05, 3.63) is 46.8 Å². The second-order valence-corrected chi connectivity index (χ2v) is 7.63. The SMILES string of the molecule is CCN1CCc2nn3c(c2C1)CN(c1ccc(C#N)n2ncc(F)c12)C[C@H]3C. The summed E-state index contributed by atoms with van der Waals surface area (Å²) in [4.78, 5) is 4.62. The van der Waals surface area contributed by atoms with Crippen LogP contribution >= 0.6 is 0 Å². The van der Waals surface area contributed by atoms with Gasteiger partial charge in [0.25, 0.3) is 0 Å². The number of hydrogen-bond acceptors (Lipinski definition) is 5. The Bertz CT molecular complexity index is 1110. The number of nitriles is 1. The van der Waals surface area contributed by atoms with Crippen molar-refractivity contribution in [1.82, 2.24) is 24.3 Å². The lowest BCUT2D eigenvalue weighted by atomic mass is 10.0. The number of fused-ring (bicyclic) bond motifs is 4. The van der Waals surface area contributed by atoms with E-state index in [0.29, 0.717) is 17.8 Å². The first kappa shape index (κ1) is 17.2. The summed E-state index contributed by atoms with van der Waals surface area (Å²) in [5.41, 5.74) is 5.20. The molecule has 8 heteroatoms. The Kier molecular flexibility index (Phi) is 3.88. The third kappa shape index (κ3) is 2.43. The minimum atomic E-state index is -0.405. The third-order valence-electron chi connectivity index (χ3n) is 5.99. The molecule has 0 unspecified atom stereocenters. The van der Waals surface area contributed by atoms with E-state index < -0.39 is 5.82 Å². The van der Waals surface area contributed by atoms with E-state index in [1.54, 1.807) is 6.07 Å². The number of rotatable bonds is 2. The lowest BCUT2D eigenvalue weighted by molar-refractivity contribution is 0.266. The van der Waals surface area contributed by atoms with Gasteiger partial charge in [-0.2, -0.15) is 15.5 Å². The van der Waals surface area contributed by atoms with E-state index in [-0.39, 0.29) is 6.04 Å². The quantitative estimate of drug-likeness (QED) is 0.685. The van der Waals surface area contributed by atoms with Gasteiger partial charge in [0.15, 0.2) is 5.82 Å². The zero-order chi connectivity index (χ0) is 19.4. The fraction of sp³-hybridized carbons (Fsp3) is 0.450. The van der Waals surface area contributed by atoms with Gasteiger partial charge in [-0.15, -0.1) is 0 Å². The van der Waals surface area contributed by atoms with Crippen LogP contribution in [0.4, 0.5) is 10.1 Å². The number of anilines is 1. The molecule has 0 bridgehead atoms. The Morgan fingerprint density at radius 3 is 2.96 bits per heavy atom. The largest absolute Gasteiger partial charge is 0.362 e. The monoisotopic (exact) mass is 379 g/mol. The average molecular weight is 379 g/mol. The minimum absolute atomic E-state index is 0.186. The molecule has 3 aromatic heterocycles. The predicted octanol–water partition coefficient (Wildman–Crippen LogP) is 2.50. The summed E-state index contributed by atoms with van der Waals surface area (Å²) in [6, 6.07) is 5.81. The van der Waals surface area contributed by atoms with Crippen LogP contribution in [-0.2, 0) is 19.5 Å². The molecule has 0 spiro atoms. The van der Waals surface area contributed by atoms with Gasteiger partial charge >= 0.3 is 0 Å². The van der Waals surface area contributed by atoms with Gasteiger partial charge in [0.05, 0.1) is 35.9 Å². The first-order chi connectivity index (χ1) is 13.6. The molecule has 0 radical (unpaired) electrons. The summed E-state index contributed by atoms with van der Waals surface area (Å²) in [5, 5.41) is 18.3. The molecule has 5 heterocycles. The van der Waals surface area contributed by atoms with E-state index in [1.807, 2.05) is 6.07 Å². The average Bonchev–Trinajstić information content (AvgIpc) is 3.28. The second kappa shape index (κ2) is 6.31. The lowest BCUT2D eigenvalue weighted by Gasteiger charge is -2.35. The van der Waals surface area contributed by atoms with Gasteiger partial charge in [0.1, 0.15) is 17.3 Å². The first-order valence-electron chi connectivity index (χ1n) is 9.73. The van der Waals surface area contributed by atoms with Gasteiger partial charge in [0.2, 0.25) is 0 Å². The van der Waals surface area contributed by atoms with Crippen molar-refractivity contribution in [2.45, 2.75) is 39.4 Å². The van der Waals surface area contributed by atoms with E-state index >= 15 is 0 Å². The van der Waals surface area contributed by atoms with Gasteiger partial charge in [-0.05, 0) is 25.6 Å². The van der Waals surface area contributed by atoms with Crippen molar-refractivity contribution >= 4 is 11.2 Å². The Morgan fingerprint density at radius 2 is 2.18 bits per heavy atom. The molecule has 1 atom stereocenters. The first-order valence-corrected chi connectivity index (χ1v) is 9.73. The van der Waals surface area contributed by atoms with Gasteiger partial charge in [-0.1, -0.05) is 6.92 Å². The van der Waals surface area contributed by atoms with Crippen LogP contribution in [0.3, 0.4) is 0 Å². The van der Waals surface area contributed by atoms with Gasteiger partial charge < -0.3 is 4.90 Å². The fourth-order valence-corrected chi connectivity index (χ4v) is 4.52. The molecule has 3 aromatic rings. The van der Waals surface area contributed by atoms with Gasteiger partial charge in [-0.3, -0.25) is 9.58 Å². The predicted molar refractivity (Wildman–Crippen MR) is 103 cm³/mol. The maximum Gasteiger partial charge on any atom is 0.171 e. The maximum absolute atomic E-state index is 14.5. The van der Waals surface area contributed by atoms with Crippen LogP contribution in [0.5, 0.6) is 0 Å². The highest BCUT2D eigenvalue weighted by molar-refractivity contribution is 5.75. The topological polar surface area (TPSA) is 65.4 Å². The lowest BCUT2D eigenvalue weighted by Crippen LogP contribution is -2.37. The fourth-order valence-electron chi connectivity index (χ4n) is 4.52. The summed E-state index contributed by atoms with van der Waals surface area (Å²) in [6.45, 7) is 8.75. The van der Waals surface area contributed by atoms with E-state index in [2.05, 4.69) is 39.5 Å². The molecule has 7 nitrogen and oxygen atoms in total. The number of nitrogens with zero attached hydrogens (tertiary/aromatic N) is 7. The van der Waals surface area contributed by atoms with Crippen molar-refractivity contribution in [2.75, 3.05) is 24.5 Å². The van der Waals surface area contributed by atoms with Gasteiger partial charge in [0, 0.05) is 31.6 Å². The molecule has 0 aliphatic carbocycles. The highest BCUT2D eigenvalue weighted by atomic mass is 19.1. The third-order valence-corrected chi connectivity index (χ3v) is 5.99. The highest BCUT2D eigenvalue weighted by Gasteiger charge is 2.32. The van der Waals surface area contributed by atoms with E-state index in [4.69, 9.17) is 5.10 Å². The van der Waals surface area contributed by atoms with Crippen LogP contribution in [0.25, 0.3) is 5.52 Å². The molecule has 0 aromatic carbocycles. The number of hydrogen-bond donors (Lipinski definition) is 0. The van der Waals surface area contributed by atoms with Crippen molar-refractivity contribution in [2.24, 2.45) is 0 Å². The van der Waals surface area contributed by atoms with E-state index in [9.17, 15) is 9.65 Å². The van der Waals surface area contributed by atoms with Crippen molar-refractivity contribution in [1.29, 1.82) is 5.26 Å². The number of halogens is 1. The molecular weight excluding hydrogens is 357 g/mol. The summed E-state index contributed by atoms with van der Waals surface area (Å²) in [6.07, 6.45) is 2.16. The molecule has 28 heavy (non-hydrogen) atoms. The van der Waals surface area contributed by atoms with Crippen LogP contribution in [0.1, 0.15) is 42.5 Å². The Morgan fingerprint density at radius 1 is 1.32 bits per heavy atom. The van der Waals surface area contributed by atoms with Crippen molar-refractivity contribution < 1.29 is 4.39 Å². The van der Waals surface area contributed by atoms with Crippen LogP contribution in [0.15, 0.2) is 18.3 Å². The van der Waals surface area contributed by atoms with Crippen LogP contribution in [-0.4, -0.2) is 43.9 Å². The molecule has 0 N–H and O–H groups in total. The molecular formula is C20H22FN7. The molecule has 5 rings (SSSR count). The molecule has 0 saturated heterocycles. The molecule has 0 amide bonds. The van der Waals surface area contributed by atoms with Crippen LogP contribution < -0.4 is 4.90 Å². The minimum Gasteiger partial charge on any atom is -0.362 e. The van der Waals surface area contributed by atoms with Crippen LogP contribution in [0.2, 0.25) is 0 Å². The van der Waals surface area contributed by atoms with Crippen molar-refractivity contribution in [3.63, 3.8) is 0 Å². The normalized spacial score (nSPS) is 19.5. The molecule has 0 saturated carbocycles. The smallest absolute Gasteiger partial charge is 0.171 e. The molecule has 2 aliphatic rings. The molecule has 0 fully saturated rings. The number of aromatic nitrogens is 4. The van der Waals surface area contributed by atoms with Gasteiger partial charge in [-0.25, -0.2) is 8.91 Å². The zero-order valence-corrected chi connectivity index (χ0v) is 16.1. The second-order valence-electron chi connectivity index (χ2n) is 7.63. The summed E-state index contributed by atoms with van der Waals surface area (Å²) >= 11 is 0. The standard InChI is InChI=1S/C20H22FN7/c1-3-25-7-6-17-15(11-25)19-12-26(10-13(2)27(19)24-17)18-5-4-14(8-22)28-20(18)16(21)9-23-28/h4-5,9,13H,3,6-7,10-12H2,1-2H3/t13-/m1/s1. The van der Waals surface area contributed by atoms with Crippen LogP contribution in [0, 0.1) is 17.1 Å². The Labute approximate surface area is 162 Å². The zero-order valence-electron chi connectivity index (χ0n) is 16.1. The van der Waals surface area contributed by atoms with Crippen molar-refractivity contribution in [3.8, 4) is 6.07 Å². The molecule has 2 aliphatic heterocycles. The van der Waals surface area contributed by atoms with E-state index in [0.717, 1.165) is 38.3 Å². The number of pyridine rings is 1.